The lowest BCUT2D eigenvalue weighted by Gasteiger charge is -2.20. The van der Waals surface area contributed by atoms with Crippen LogP contribution in [0, 0.1) is 0 Å². The van der Waals surface area contributed by atoms with Crippen molar-refractivity contribution < 1.29 is 26.3 Å². The number of sulfonamides is 1. The van der Waals surface area contributed by atoms with Gasteiger partial charge >= 0.3 is 6.18 Å². The number of methoxy groups -OCH3 is 1. The number of nitrogens with zero attached hydrogens (tertiary/aromatic N) is 1. The first-order valence-electron chi connectivity index (χ1n) is 6.31. The lowest BCUT2D eigenvalue weighted by Crippen LogP contribution is -2.38. The molecule has 1 atom stereocenters. The number of ether oxygens (including phenoxy) is 1. The molecule has 0 saturated carbocycles. The molecule has 0 fully saturated rings. The zero-order valence-corrected chi connectivity index (χ0v) is 13.5. The van der Waals surface area contributed by atoms with Crippen molar-refractivity contribution >= 4 is 21.4 Å². The summed E-state index contributed by atoms with van der Waals surface area (Å²) in [7, 11) is -3.04. The normalized spacial score (nSPS) is 13.9. The molecular weight excluding hydrogens is 353 g/mol. The van der Waals surface area contributed by atoms with Crippen molar-refractivity contribution in [3.8, 4) is 0 Å². The molecule has 1 unspecified atom stereocenters. The summed E-state index contributed by atoms with van der Waals surface area (Å²) in [6, 6.07) is 3.31. The molecule has 1 N–H and O–H groups in total. The fourth-order valence-electron chi connectivity index (χ4n) is 1.89. The van der Waals surface area contributed by atoms with Gasteiger partial charge in [0.25, 0.3) is 0 Å². The van der Waals surface area contributed by atoms with Crippen molar-refractivity contribution in [2.24, 2.45) is 0 Å². The Morgan fingerprint density at radius 1 is 1.35 bits per heavy atom. The van der Waals surface area contributed by atoms with Gasteiger partial charge in [-0.2, -0.15) is 17.9 Å². The van der Waals surface area contributed by atoms with Crippen molar-refractivity contribution in [3.63, 3.8) is 0 Å². The molecule has 5 nitrogen and oxygen atoms in total. The fourth-order valence-corrected chi connectivity index (χ4v) is 4.09. The predicted molar refractivity (Wildman–Crippen MR) is 78.4 cm³/mol. The first-order valence-corrected chi connectivity index (χ1v) is 8.67. The van der Waals surface area contributed by atoms with E-state index < -0.39 is 22.2 Å². The van der Waals surface area contributed by atoms with Crippen molar-refractivity contribution in [1.82, 2.24) is 9.71 Å². The van der Waals surface area contributed by atoms with Crippen LogP contribution < -0.4 is 4.72 Å². The third-order valence-corrected chi connectivity index (χ3v) is 5.22. The molecule has 0 radical (unpaired) electrons. The highest BCUT2D eigenvalue weighted by molar-refractivity contribution is 7.89. The van der Waals surface area contributed by atoms with Crippen LogP contribution in [-0.4, -0.2) is 26.7 Å². The topological polar surface area (TPSA) is 68.3 Å². The summed E-state index contributed by atoms with van der Waals surface area (Å²) >= 11 is 0.725. The van der Waals surface area contributed by atoms with Gasteiger partial charge in [0.15, 0.2) is 6.04 Å². The van der Waals surface area contributed by atoms with Gasteiger partial charge in [-0.05, 0) is 11.6 Å². The summed E-state index contributed by atoms with van der Waals surface area (Å²) in [5, 5.41) is 0.978. The van der Waals surface area contributed by atoms with E-state index in [0.717, 1.165) is 11.3 Å². The number of aromatic nitrogens is 1. The molecule has 0 spiro atoms. The van der Waals surface area contributed by atoms with Crippen molar-refractivity contribution in [1.29, 1.82) is 0 Å². The molecule has 0 aliphatic heterocycles. The van der Waals surface area contributed by atoms with Crippen LogP contribution in [0.3, 0.4) is 0 Å². The third kappa shape index (κ3) is 4.28. The summed E-state index contributed by atoms with van der Waals surface area (Å²) in [6.07, 6.45) is -3.62. The van der Waals surface area contributed by atoms with Gasteiger partial charge in [0.05, 0.1) is 11.5 Å². The Balaban J connectivity index is 2.40. The summed E-state index contributed by atoms with van der Waals surface area (Å²) in [5.74, 6) is 0. The minimum absolute atomic E-state index is 0.0367. The minimum atomic E-state index is -4.80. The Morgan fingerprint density at radius 2 is 2.04 bits per heavy atom. The Kier molecular flexibility index (Phi) is 5.40. The largest absolute Gasteiger partial charge is 0.411 e. The van der Waals surface area contributed by atoms with Crippen LogP contribution in [0.25, 0.3) is 0 Å². The maximum Gasteiger partial charge on any atom is 0.411 e. The van der Waals surface area contributed by atoms with E-state index in [1.54, 1.807) is 10.8 Å². The second-order valence-electron chi connectivity index (χ2n) is 4.51. The number of nitrogens with one attached hydrogen (secondary N) is 1. The average molecular weight is 366 g/mol. The first-order chi connectivity index (χ1) is 10.8. The Labute approximate surface area is 135 Å². The number of hydrogen-bond donors (Lipinski definition) is 1. The van der Waals surface area contributed by atoms with E-state index in [1.165, 1.54) is 36.9 Å². The van der Waals surface area contributed by atoms with E-state index in [2.05, 4.69) is 4.98 Å². The maximum atomic E-state index is 13.2. The van der Waals surface area contributed by atoms with E-state index >= 15 is 0 Å². The summed E-state index contributed by atoms with van der Waals surface area (Å²) < 4.78 is 70.9. The highest BCUT2D eigenvalue weighted by atomic mass is 32.2. The Hall–Kier alpha value is -1.49. The Bertz CT molecular complexity index is 746. The molecule has 23 heavy (non-hydrogen) atoms. The molecule has 2 aromatic rings. The molecule has 1 aromatic heterocycles. The van der Waals surface area contributed by atoms with Gasteiger partial charge in [-0.15, -0.1) is 11.3 Å². The number of rotatable bonds is 6. The van der Waals surface area contributed by atoms with Gasteiger partial charge in [-0.3, -0.25) is 0 Å². The molecule has 0 bridgehead atoms. The van der Waals surface area contributed by atoms with E-state index in [-0.39, 0.29) is 22.1 Å². The van der Waals surface area contributed by atoms with Gasteiger partial charge < -0.3 is 4.74 Å². The van der Waals surface area contributed by atoms with Crippen molar-refractivity contribution in [3.05, 3.63) is 46.4 Å². The number of benzene rings is 1. The Morgan fingerprint density at radius 3 is 2.61 bits per heavy atom. The van der Waals surface area contributed by atoms with E-state index in [9.17, 15) is 21.6 Å². The summed E-state index contributed by atoms with van der Waals surface area (Å²) in [4.78, 5) is 3.31. The molecule has 1 aromatic carbocycles. The van der Waals surface area contributed by atoms with E-state index in [1.807, 2.05) is 0 Å². The monoisotopic (exact) mass is 366 g/mol. The van der Waals surface area contributed by atoms with Gasteiger partial charge in [0, 0.05) is 18.7 Å². The molecule has 0 aliphatic rings. The molecule has 0 amide bonds. The standard InChI is InChI=1S/C13H13F3N2O3S2/c1-21-8-9-4-2-3-5-10(9)23(19,20)18-11(13(14,15)16)12-17-6-7-22-12/h2-7,11,18H,8H2,1H3. The van der Waals surface area contributed by atoms with Crippen molar-refractivity contribution in [2.45, 2.75) is 23.7 Å². The molecule has 126 valence electrons. The van der Waals surface area contributed by atoms with E-state index in [4.69, 9.17) is 4.74 Å². The number of alkyl halides is 3. The van der Waals surface area contributed by atoms with Gasteiger partial charge in [-0.25, -0.2) is 13.4 Å². The van der Waals surface area contributed by atoms with Crippen LogP contribution in [-0.2, 0) is 21.4 Å². The highest BCUT2D eigenvalue weighted by Crippen LogP contribution is 2.35. The average Bonchev–Trinajstić information content (AvgIpc) is 2.98. The minimum Gasteiger partial charge on any atom is -0.380 e. The number of halogens is 3. The predicted octanol–water partition coefficient (Wildman–Crippen LogP) is 2.87. The quantitative estimate of drug-likeness (QED) is 0.854. The van der Waals surface area contributed by atoms with Crippen LogP contribution in [0.15, 0.2) is 40.7 Å². The number of thiazole rings is 1. The van der Waals surface area contributed by atoms with E-state index in [0.29, 0.717) is 0 Å². The molecule has 10 heteroatoms. The van der Waals surface area contributed by atoms with Crippen LogP contribution >= 0.6 is 11.3 Å². The highest BCUT2D eigenvalue weighted by Gasteiger charge is 2.45. The molecular formula is C13H13F3N2O3S2. The third-order valence-electron chi connectivity index (χ3n) is 2.86. The zero-order chi connectivity index (χ0) is 17.1. The summed E-state index contributed by atoms with van der Waals surface area (Å²) in [6.45, 7) is -0.0367. The molecule has 0 saturated heterocycles. The van der Waals surface area contributed by atoms with Gasteiger partial charge in [0.2, 0.25) is 10.0 Å². The van der Waals surface area contributed by atoms with Crippen LogP contribution in [0.4, 0.5) is 13.2 Å². The fraction of sp³-hybridized carbons (Fsp3) is 0.308. The second kappa shape index (κ2) is 6.95. The lowest BCUT2D eigenvalue weighted by atomic mass is 10.2. The molecule has 0 aliphatic carbocycles. The van der Waals surface area contributed by atoms with Crippen molar-refractivity contribution in [2.75, 3.05) is 7.11 Å². The summed E-state index contributed by atoms with van der Waals surface area (Å²) in [5.41, 5.74) is 0.266. The smallest absolute Gasteiger partial charge is 0.380 e. The molecule has 2 rings (SSSR count). The van der Waals surface area contributed by atoms with Crippen LogP contribution in [0.1, 0.15) is 16.6 Å². The van der Waals surface area contributed by atoms with Crippen LogP contribution in [0.5, 0.6) is 0 Å². The van der Waals surface area contributed by atoms with Crippen LogP contribution in [0.2, 0.25) is 0 Å². The zero-order valence-electron chi connectivity index (χ0n) is 11.9. The first kappa shape index (κ1) is 17.9. The molecule has 1 heterocycles. The number of hydrogen-bond acceptors (Lipinski definition) is 5. The lowest BCUT2D eigenvalue weighted by molar-refractivity contribution is -0.153. The second-order valence-corrected chi connectivity index (χ2v) is 7.12. The maximum absolute atomic E-state index is 13.2. The SMILES string of the molecule is COCc1ccccc1S(=O)(=O)NC(c1nccs1)C(F)(F)F. The van der Waals surface area contributed by atoms with Gasteiger partial charge in [0.1, 0.15) is 5.01 Å². The van der Waals surface area contributed by atoms with Gasteiger partial charge in [-0.1, -0.05) is 18.2 Å².